The molecule has 4 aliphatic rings. The summed E-state index contributed by atoms with van der Waals surface area (Å²) in [7, 11) is 0. The number of fused-ring (bicyclic) bond motifs is 6. The quantitative estimate of drug-likeness (QED) is 0.168. The minimum absolute atomic E-state index is 0.0616. The van der Waals surface area contributed by atoms with Gasteiger partial charge in [0.1, 0.15) is 0 Å². The van der Waals surface area contributed by atoms with Crippen LogP contribution in [0.25, 0.3) is 66.1 Å². The van der Waals surface area contributed by atoms with Crippen LogP contribution in [0.1, 0.15) is 48.8 Å². The molecule has 2 heterocycles. The topological polar surface area (TPSA) is 9.86 Å². The monoisotopic (exact) mass is 708 g/mol. The Morgan fingerprint density at radius 1 is 0.400 bits per heavy atom. The first-order valence-electron chi connectivity index (χ1n) is 20.4. The lowest BCUT2D eigenvalue weighted by atomic mass is 9.42. The van der Waals surface area contributed by atoms with Crippen LogP contribution in [0, 0.1) is 30.6 Å². The molecule has 4 bridgehead atoms. The second kappa shape index (κ2) is 11.8. The molecule has 4 fully saturated rings. The zero-order valence-electron chi connectivity index (χ0n) is 31.3. The van der Waals surface area contributed by atoms with Crippen LogP contribution in [-0.2, 0) is 5.41 Å². The molecule has 0 radical (unpaired) electrons. The maximum Gasteiger partial charge on any atom is 0.0541 e. The molecule has 4 aliphatic carbocycles. The summed E-state index contributed by atoms with van der Waals surface area (Å²) < 4.78 is 4.89. The van der Waals surface area contributed by atoms with Crippen LogP contribution in [-0.4, -0.2) is 9.13 Å². The molecule has 0 unspecified atom stereocenters. The molecule has 4 saturated carbocycles. The largest absolute Gasteiger partial charge is 0.309 e. The van der Waals surface area contributed by atoms with E-state index in [1.54, 1.807) is 5.56 Å². The second-order valence-corrected chi connectivity index (χ2v) is 17.1. The molecule has 55 heavy (non-hydrogen) atoms. The van der Waals surface area contributed by atoms with Crippen LogP contribution >= 0.6 is 0 Å². The van der Waals surface area contributed by atoms with Crippen molar-refractivity contribution in [1.29, 1.82) is 0 Å². The fraction of sp³-hybridized carbons (Fsp3) is 0.208. The zero-order valence-corrected chi connectivity index (χ0v) is 31.3. The van der Waals surface area contributed by atoms with E-state index in [2.05, 4.69) is 180 Å². The van der Waals surface area contributed by atoms with E-state index in [1.165, 1.54) is 109 Å². The van der Waals surface area contributed by atoms with Crippen LogP contribution in [0.5, 0.6) is 0 Å². The molecule has 9 aromatic rings. The van der Waals surface area contributed by atoms with Crippen molar-refractivity contribution in [1.82, 2.24) is 9.13 Å². The number of nitrogens with zero attached hydrogens (tertiary/aromatic N) is 2. The van der Waals surface area contributed by atoms with Crippen LogP contribution < -0.4 is 0 Å². The smallest absolute Gasteiger partial charge is 0.0541 e. The van der Waals surface area contributed by atoms with Gasteiger partial charge >= 0.3 is 0 Å². The first kappa shape index (κ1) is 31.5. The van der Waals surface area contributed by atoms with E-state index in [4.69, 9.17) is 0 Å². The second-order valence-electron chi connectivity index (χ2n) is 17.1. The van der Waals surface area contributed by atoms with E-state index >= 15 is 0 Å². The van der Waals surface area contributed by atoms with Crippen molar-refractivity contribution >= 4 is 43.6 Å². The summed E-state index contributed by atoms with van der Waals surface area (Å²) in [6, 6.07) is 62.1. The van der Waals surface area contributed by atoms with E-state index in [1.807, 2.05) is 0 Å². The molecule has 0 N–H and O–H groups in total. The van der Waals surface area contributed by atoms with Crippen molar-refractivity contribution in [2.45, 2.75) is 44.4 Å². The van der Waals surface area contributed by atoms with E-state index in [0.29, 0.717) is 11.8 Å². The van der Waals surface area contributed by atoms with Gasteiger partial charge < -0.3 is 9.13 Å². The van der Waals surface area contributed by atoms with E-state index in [-0.39, 0.29) is 5.41 Å². The Balaban J connectivity index is 1.08. The van der Waals surface area contributed by atoms with Crippen LogP contribution in [0.2, 0.25) is 0 Å². The molecular weight excluding hydrogens is 665 g/mol. The normalized spacial score (nSPS) is 23.1. The van der Waals surface area contributed by atoms with Gasteiger partial charge in [0.25, 0.3) is 0 Å². The molecule has 13 rings (SSSR count). The van der Waals surface area contributed by atoms with Gasteiger partial charge in [0.05, 0.1) is 22.1 Å². The minimum Gasteiger partial charge on any atom is -0.309 e. The fourth-order valence-corrected chi connectivity index (χ4v) is 12.2. The van der Waals surface area contributed by atoms with E-state index in [9.17, 15) is 0 Å². The Labute approximate surface area is 322 Å². The summed E-state index contributed by atoms with van der Waals surface area (Å²) in [5, 5.41) is 5.26. The summed E-state index contributed by atoms with van der Waals surface area (Å²) in [6.45, 7) is 2.23. The Morgan fingerprint density at radius 2 is 0.855 bits per heavy atom. The molecule has 2 aromatic heterocycles. The van der Waals surface area contributed by atoms with Crippen LogP contribution in [0.4, 0.5) is 0 Å². The van der Waals surface area contributed by atoms with Gasteiger partial charge in [0, 0.05) is 38.3 Å². The Hall–Kier alpha value is -5.86. The van der Waals surface area contributed by atoms with Gasteiger partial charge in [0.2, 0.25) is 0 Å². The average Bonchev–Trinajstić information content (AvgIpc) is 3.74. The van der Waals surface area contributed by atoms with Crippen molar-refractivity contribution < 1.29 is 0 Å². The van der Waals surface area contributed by atoms with Gasteiger partial charge in [-0.05, 0) is 152 Å². The molecule has 0 saturated heterocycles. The number of para-hydroxylation sites is 3. The van der Waals surface area contributed by atoms with Crippen LogP contribution in [0.15, 0.2) is 164 Å². The van der Waals surface area contributed by atoms with E-state index < -0.39 is 0 Å². The highest BCUT2D eigenvalue weighted by atomic mass is 15.0. The molecule has 0 aliphatic heterocycles. The van der Waals surface area contributed by atoms with Gasteiger partial charge in [-0.2, -0.15) is 0 Å². The highest BCUT2D eigenvalue weighted by molar-refractivity contribution is 6.13. The Morgan fingerprint density at radius 3 is 1.44 bits per heavy atom. The van der Waals surface area contributed by atoms with Gasteiger partial charge in [-0.1, -0.05) is 103 Å². The lowest BCUT2D eigenvalue weighted by molar-refractivity contribution is -0.0417. The van der Waals surface area contributed by atoms with Crippen molar-refractivity contribution in [3.8, 4) is 22.5 Å². The summed E-state index contributed by atoms with van der Waals surface area (Å²) in [5.41, 5.74) is 14.4. The fourth-order valence-electron chi connectivity index (χ4n) is 12.2. The van der Waals surface area contributed by atoms with Gasteiger partial charge in [0.15, 0.2) is 0 Å². The molecule has 2 heteroatoms. The first-order valence-corrected chi connectivity index (χ1v) is 20.4. The first-order chi connectivity index (χ1) is 27.1. The summed E-state index contributed by atoms with van der Waals surface area (Å²) in [4.78, 5) is 0. The molecule has 0 spiro atoms. The molecule has 2 nitrogen and oxygen atoms in total. The van der Waals surface area contributed by atoms with Gasteiger partial charge in [-0.25, -0.2) is 0 Å². The summed E-state index contributed by atoms with van der Waals surface area (Å²) >= 11 is 0. The predicted molar refractivity (Wildman–Crippen MR) is 230 cm³/mol. The van der Waals surface area contributed by atoms with Gasteiger partial charge in [-0.15, -0.1) is 0 Å². The number of rotatable bonds is 5. The number of hydrogen-bond acceptors (Lipinski definition) is 0. The summed E-state index contributed by atoms with van der Waals surface area (Å²) in [6.07, 6.45) is 6.95. The third kappa shape index (κ3) is 4.55. The maximum atomic E-state index is 2.64. The van der Waals surface area contributed by atoms with Crippen molar-refractivity contribution in [2.24, 2.45) is 23.7 Å². The molecule has 266 valence electrons. The molecule has 7 aromatic carbocycles. The maximum absolute atomic E-state index is 2.64. The third-order valence-electron chi connectivity index (χ3n) is 14.2. The number of aromatic nitrogens is 2. The van der Waals surface area contributed by atoms with Gasteiger partial charge in [-0.3, -0.25) is 0 Å². The number of hydrogen-bond donors (Lipinski definition) is 0. The van der Waals surface area contributed by atoms with Crippen molar-refractivity contribution in [2.75, 3.05) is 0 Å². The SMILES string of the molecule is Cc1ccc(C2(c3ccc4c(c3)c3cc(-c5ccc6c(c5)c5ccccc5n6-c5ccccc5)ccc3n4-c3ccccc3)C3CC4CC(C3)CC2C4)cc1. The predicted octanol–water partition coefficient (Wildman–Crippen LogP) is 13.6. The number of aryl methyl sites for hydroxylation is 1. The van der Waals surface area contributed by atoms with E-state index in [0.717, 1.165) is 11.8 Å². The van der Waals surface area contributed by atoms with Crippen LogP contribution in [0.3, 0.4) is 0 Å². The molecular formula is C53H44N2. The molecule has 0 amide bonds. The summed E-state index contributed by atoms with van der Waals surface area (Å²) in [5.74, 6) is 3.22. The highest BCUT2D eigenvalue weighted by Gasteiger charge is 2.58. The number of benzene rings is 7. The lowest BCUT2D eigenvalue weighted by Crippen LogP contribution is -2.56. The third-order valence-corrected chi connectivity index (χ3v) is 14.2. The Kier molecular flexibility index (Phi) is 6.77. The standard InChI is InChI=1S/C53H44N2/c1-34-16-20-39(21-17-34)53(41-27-35-26-36(29-41)30-42(53)28-35)40-22-25-52-48(33-40)47-32-38(19-24-51(47)55(52)44-12-6-3-7-13-44)37-18-23-50-46(31-37)45-14-8-9-15-49(45)54(50)43-10-4-2-5-11-43/h2-25,31-33,35-36,41-42H,26-30H2,1H3. The zero-order chi connectivity index (χ0) is 36.3. The molecule has 0 atom stereocenters. The average molecular weight is 709 g/mol. The highest BCUT2D eigenvalue weighted by Crippen LogP contribution is 2.65. The van der Waals surface area contributed by atoms with Crippen molar-refractivity contribution in [3.05, 3.63) is 180 Å². The minimum atomic E-state index is 0.0616. The van der Waals surface area contributed by atoms with Crippen molar-refractivity contribution in [3.63, 3.8) is 0 Å². The Bertz CT molecular complexity index is 2900. The lowest BCUT2D eigenvalue weighted by Gasteiger charge is -2.62.